The van der Waals surface area contributed by atoms with Crippen LogP contribution in [-0.4, -0.2) is 54.0 Å². The van der Waals surface area contributed by atoms with Crippen LogP contribution in [0.25, 0.3) is 0 Å². The van der Waals surface area contributed by atoms with E-state index < -0.39 is 0 Å². The second-order valence-electron chi connectivity index (χ2n) is 7.89. The van der Waals surface area contributed by atoms with Gasteiger partial charge in [-0.2, -0.15) is 0 Å². The van der Waals surface area contributed by atoms with Crippen molar-refractivity contribution in [3.63, 3.8) is 0 Å². The highest BCUT2D eigenvalue weighted by Gasteiger charge is 2.39. The van der Waals surface area contributed by atoms with E-state index in [1.54, 1.807) is 31.0 Å². The fraction of sp³-hybridized carbons (Fsp3) is 0.435. The highest BCUT2D eigenvalue weighted by Crippen LogP contribution is 2.36. The Morgan fingerprint density at radius 2 is 1.93 bits per heavy atom. The van der Waals surface area contributed by atoms with Gasteiger partial charge < -0.3 is 19.9 Å². The van der Waals surface area contributed by atoms with Crippen LogP contribution in [0.15, 0.2) is 47.4 Å². The van der Waals surface area contributed by atoms with Crippen LogP contribution in [0.1, 0.15) is 24.8 Å². The number of nitrogens with zero attached hydrogens (tertiary/aromatic N) is 1. The largest absolute Gasteiger partial charge is 0.504 e. The van der Waals surface area contributed by atoms with Crippen LogP contribution in [0.3, 0.4) is 0 Å². The molecule has 1 heterocycles. The number of thioether (sulfide) groups is 1. The second kappa shape index (κ2) is 9.18. The number of carbonyl (C=O) groups is 1. The van der Waals surface area contributed by atoms with Gasteiger partial charge in [0.15, 0.2) is 11.5 Å². The van der Waals surface area contributed by atoms with E-state index >= 15 is 0 Å². The maximum absolute atomic E-state index is 12.9. The quantitative estimate of drug-likeness (QED) is 0.671. The zero-order valence-electron chi connectivity index (χ0n) is 17.3. The summed E-state index contributed by atoms with van der Waals surface area (Å²) >= 11 is 1.80. The third kappa shape index (κ3) is 5.02. The maximum atomic E-state index is 12.9. The molecule has 1 saturated heterocycles. The van der Waals surface area contributed by atoms with Crippen molar-refractivity contribution in [2.75, 3.05) is 20.8 Å². The number of phenolic OH excluding ortho intramolecular Hbond substituents is 1. The number of amides is 1. The molecule has 1 amide bonds. The van der Waals surface area contributed by atoms with Crippen LogP contribution in [0, 0.1) is 0 Å². The summed E-state index contributed by atoms with van der Waals surface area (Å²) in [5.41, 5.74) is 0.965. The molecule has 0 aromatic heterocycles. The fourth-order valence-corrected chi connectivity index (χ4v) is 5.06. The fourth-order valence-electron chi connectivity index (χ4n) is 3.83. The topological polar surface area (TPSA) is 71.0 Å². The van der Waals surface area contributed by atoms with E-state index in [0.717, 1.165) is 37.1 Å². The first-order valence-electron chi connectivity index (χ1n) is 10.3. The predicted octanol–water partition coefficient (Wildman–Crippen LogP) is 3.42. The Morgan fingerprint density at radius 1 is 1.17 bits per heavy atom. The van der Waals surface area contributed by atoms with Crippen LogP contribution < -0.4 is 14.8 Å². The maximum Gasteiger partial charge on any atom is 0.237 e. The van der Waals surface area contributed by atoms with Crippen molar-refractivity contribution in [3.8, 4) is 17.2 Å². The Hall–Kier alpha value is -2.38. The SMILES string of the molecule is COc1ccc(S[C@@H]2C[C@@H](C(=O)NC3CC3)N(Cc3ccc(OC)c(O)c3)C2)cc1. The molecule has 1 aliphatic heterocycles. The minimum Gasteiger partial charge on any atom is -0.504 e. The van der Waals surface area contributed by atoms with Crippen LogP contribution in [-0.2, 0) is 11.3 Å². The minimum atomic E-state index is -0.161. The van der Waals surface area contributed by atoms with Crippen molar-refractivity contribution in [2.24, 2.45) is 0 Å². The van der Waals surface area contributed by atoms with Crippen molar-refractivity contribution in [1.82, 2.24) is 10.2 Å². The number of hydrogen-bond donors (Lipinski definition) is 2. The number of nitrogens with one attached hydrogen (secondary N) is 1. The molecule has 2 aromatic rings. The first-order chi connectivity index (χ1) is 14.6. The van der Waals surface area contributed by atoms with Crippen molar-refractivity contribution in [3.05, 3.63) is 48.0 Å². The molecular weight excluding hydrogens is 400 g/mol. The van der Waals surface area contributed by atoms with Gasteiger partial charge in [-0.25, -0.2) is 0 Å². The molecule has 2 N–H and O–H groups in total. The lowest BCUT2D eigenvalue weighted by Gasteiger charge is -2.23. The summed E-state index contributed by atoms with van der Waals surface area (Å²) in [4.78, 5) is 16.3. The molecule has 7 heteroatoms. The van der Waals surface area contributed by atoms with Gasteiger partial charge in [0.25, 0.3) is 0 Å². The highest BCUT2D eigenvalue weighted by atomic mass is 32.2. The van der Waals surface area contributed by atoms with E-state index in [2.05, 4.69) is 22.3 Å². The molecule has 2 atom stereocenters. The first-order valence-corrected chi connectivity index (χ1v) is 11.1. The molecule has 0 spiro atoms. The Kier molecular flexibility index (Phi) is 6.39. The van der Waals surface area contributed by atoms with Crippen molar-refractivity contribution >= 4 is 17.7 Å². The molecular formula is C23H28N2O4S. The second-order valence-corrected chi connectivity index (χ2v) is 9.26. The Labute approximate surface area is 181 Å². The number of rotatable bonds is 8. The van der Waals surface area contributed by atoms with Gasteiger partial charge in [-0.3, -0.25) is 9.69 Å². The van der Waals surface area contributed by atoms with Crippen molar-refractivity contribution in [1.29, 1.82) is 0 Å². The summed E-state index contributed by atoms with van der Waals surface area (Å²) in [7, 11) is 3.20. The summed E-state index contributed by atoms with van der Waals surface area (Å²) in [6.45, 7) is 1.42. The van der Waals surface area contributed by atoms with E-state index in [1.165, 1.54) is 12.0 Å². The molecule has 160 valence electrons. The van der Waals surface area contributed by atoms with Crippen LogP contribution in [0.5, 0.6) is 17.2 Å². The van der Waals surface area contributed by atoms with Crippen LogP contribution in [0.2, 0.25) is 0 Å². The normalized spacial score (nSPS) is 21.4. The average Bonchev–Trinajstić information content (AvgIpc) is 3.47. The summed E-state index contributed by atoms with van der Waals surface area (Å²) in [5, 5.41) is 13.6. The van der Waals surface area contributed by atoms with E-state index in [4.69, 9.17) is 9.47 Å². The van der Waals surface area contributed by atoms with Gasteiger partial charge in [0, 0.05) is 29.3 Å². The average molecular weight is 429 g/mol. The van der Waals surface area contributed by atoms with E-state index in [-0.39, 0.29) is 17.7 Å². The Bertz CT molecular complexity index is 885. The minimum absolute atomic E-state index is 0.119. The first kappa shape index (κ1) is 20.9. The molecule has 2 aliphatic rings. The number of aromatic hydroxyl groups is 1. The number of hydrogen-bond acceptors (Lipinski definition) is 6. The molecule has 1 aliphatic carbocycles. The number of phenols is 1. The lowest BCUT2D eigenvalue weighted by molar-refractivity contribution is -0.125. The Morgan fingerprint density at radius 3 is 2.57 bits per heavy atom. The van der Waals surface area contributed by atoms with Gasteiger partial charge in [0.05, 0.1) is 20.3 Å². The third-order valence-corrected chi connectivity index (χ3v) is 6.80. The molecule has 1 saturated carbocycles. The van der Waals surface area contributed by atoms with Crippen LogP contribution in [0.4, 0.5) is 0 Å². The number of ether oxygens (including phenoxy) is 2. The number of likely N-dealkylation sites (tertiary alicyclic amines) is 1. The zero-order valence-corrected chi connectivity index (χ0v) is 18.2. The summed E-state index contributed by atoms with van der Waals surface area (Å²) in [6, 6.07) is 13.7. The van der Waals surface area contributed by atoms with Crippen LogP contribution >= 0.6 is 11.8 Å². The molecule has 0 unspecified atom stereocenters. The Balaban J connectivity index is 1.46. The monoisotopic (exact) mass is 428 g/mol. The van der Waals surface area contributed by atoms with Gasteiger partial charge in [0.2, 0.25) is 5.91 Å². The lowest BCUT2D eigenvalue weighted by Crippen LogP contribution is -2.43. The number of methoxy groups -OCH3 is 2. The molecule has 2 aromatic carbocycles. The smallest absolute Gasteiger partial charge is 0.237 e. The van der Waals surface area contributed by atoms with E-state index in [1.807, 2.05) is 18.2 Å². The summed E-state index contributed by atoms with van der Waals surface area (Å²) in [5.74, 6) is 1.54. The molecule has 0 bridgehead atoms. The van der Waals surface area contributed by atoms with E-state index in [9.17, 15) is 9.90 Å². The third-order valence-electron chi connectivity index (χ3n) is 5.58. The predicted molar refractivity (Wildman–Crippen MR) is 117 cm³/mol. The summed E-state index contributed by atoms with van der Waals surface area (Å²) in [6.07, 6.45) is 2.96. The van der Waals surface area contributed by atoms with Gasteiger partial charge in [-0.05, 0) is 61.2 Å². The number of benzene rings is 2. The van der Waals surface area contributed by atoms with Crippen molar-refractivity contribution < 1.29 is 19.4 Å². The molecule has 0 radical (unpaired) electrons. The van der Waals surface area contributed by atoms with Gasteiger partial charge in [-0.1, -0.05) is 6.07 Å². The van der Waals surface area contributed by atoms with Crippen molar-refractivity contribution in [2.45, 2.75) is 48.0 Å². The molecule has 2 fully saturated rings. The zero-order chi connectivity index (χ0) is 21.1. The molecule has 6 nitrogen and oxygen atoms in total. The van der Waals surface area contributed by atoms with E-state index in [0.29, 0.717) is 23.6 Å². The molecule has 4 rings (SSSR count). The van der Waals surface area contributed by atoms with Gasteiger partial charge in [-0.15, -0.1) is 11.8 Å². The lowest BCUT2D eigenvalue weighted by atomic mass is 10.1. The summed E-state index contributed by atoms with van der Waals surface area (Å²) < 4.78 is 10.4. The molecule has 30 heavy (non-hydrogen) atoms. The number of carbonyl (C=O) groups excluding carboxylic acids is 1. The highest BCUT2D eigenvalue weighted by molar-refractivity contribution is 8.00. The van der Waals surface area contributed by atoms with Gasteiger partial charge in [0.1, 0.15) is 5.75 Å². The van der Waals surface area contributed by atoms with Gasteiger partial charge >= 0.3 is 0 Å². The standard InChI is InChI=1S/C23H28N2O4S/c1-28-17-6-8-18(9-7-17)30-19-12-20(23(27)24-16-4-5-16)25(14-19)13-15-3-10-22(29-2)21(26)11-15/h3,6-11,16,19-20,26H,4-5,12-14H2,1-2H3,(H,24,27)/t19-,20+/m1/s1.